The van der Waals surface area contributed by atoms with Crippen LogP contribution in [0.15, 0.2) is 42.5 Å². The molecule has 0 saturated carbocycles. The van der Waals surface area contributed by atoms with E-state index in [1.807, 2.05) is 30.3 Å². The van der Waals surface area contributed by atoms with Crippen molar-refractivity contribution in [1.82, 2.24) is 5.32 Å². The van der Waals surface area contributed by atoms with Crippen LogP contribution in [0.1, 0.15) is 22.3 Å². The van der Waals surface area contributed by atoms with Crippen molar-refractivity contribution in [2.75, 3.05) is 16.8 Å². The molecular formula is C18H16ClN3O2. The Morgan fingerprint density at radius 2 is 2.00 bits per heavy atom. The molecule has 1 saturated heterocycles. The van der Waals surface area contributed by atoms with Crippen LogP contribution >= 0.6 is 11.6 Å². The summed E-state index contributed by atoms with van der Waals surface area (Å²) >= 11 is 6.02. The molecule has 2 aliphatic rings. The Balaban J connectivity index is 1.56. The number of nitrogens with zero attached hydrogens (tertiary/aromatic N) is 1. The standard InChI is InChI=1S/C18H16ClN3O2/c19-12-4-2-5-13(9-12)22-8-7-15(18(22)24)21-14-6-1-3-11-10-20-17(23)16(11)14/h1-6,9,15,21H,7-8,10H2,(H,20,23)/t15-/m1/s1. The molecule has 2 amide bonds. The number of amides is 2. The summed E-state index contributed by atoms with van der Waals surface area (Å²) in [4.78, 5) is 26.5. The molecule has 24 heavy (non-hydrogen) atoms. The Labute approximate surface area is 144 Å². The first-order chi connectivity index (χ1) is 11.6. The molecule has 5 nitrogen and oxygen atoms in total. The van der Waals surface area contributed by atoms with Crippen LogP contribution < -0.4 is 15.5 Å². The van der Waals surface area contributed by atoms with Crippen LogP contribution in [0.25, 0.3) is 0 Å². The van der Waals surface area contributed by atoms with Gasteiger partial charge in [-0.2, -0.15) is 0 Å². The minimum absolute atomic E-state index is 0.00623. The summed E-state index contributed by atoms with van der Waals surface area (Å²) in [6, 6.07) is 12.6. The summed E-state index contributed by atoms with van der Waals surface area (Å²) in [5, 5.41) is 6.67. The highest BCUT2D eigenvalue weighted by Crippen LogP contribution is 2.29. The molecule has 2 N–H and O–H groups in total. The first-order valence-corrected chi connectivity index (χ1v) is 8.25. The number of benzene rings is 2. The van der Waals surface area contributed by atoms with E-state index in [0.29, 0.717) is 35.8 Å². The first kappa shape index (κ1) is 15.0. The zero-order valence-corrected chi connectivity index (χ0v) is 13.6. The maximum Gasteiger partial charge on any atom is 0.253 e. The molecule has 6 heteroatoms. The Hall–Kier alpha value is -2.53. The van der Waals surface area contributed by atoms with E-state index < -0.39 is 0 Å². The predicted octanol–water partition coefficient (Wildman–Crippen LogP) is 2.80. The number of fused-ring (bicyclic) bond motifs is 1. The summed E-state index contributed by atoms with van der Waals surface area (Å²) in [6.45, 7) is 1.16. The van der Waals surface area contributed by atoms with Gasteiger partial charge in [0.2, 0.25) is 5.91 Å². The van der Waals surface area contributed by atoms with Gasteiger partial charge in [-0.15, -0.1) is 0 Å². The first-order valence-electron chi connectivity index (χ1n) is 7.87. The van der Waals surface area contributed by atoms with E-state index in [1.54, 1.807) is 17.0 Å². The fourth-order valence-corrected chi connectivity index (χ4v) is 3.49. The normalized spacial score (nSPS) is 19.4. The van der Waals surface area contributed by atoms with Crippen molar-refractivity contribution < 1.29 is 9.59 Å². The number of hydrogen-bond donors (Lipinski definition) is 2. The van der Waals surface area contributed by atoms with Crippen LogP contribution in [0.2, 0.25) is 5.02 Å². The number of carbonyl (C=O) groups is 2. The van der Waals surface area contributed by atoms with Gasteiger partial charge in [-0.1, -0.05) is 29.8 Å². The molecule has 4 rings (SSSR count). The van der Waals surface area contributed by atoms with Crippen molar-refractivity contribution in [3.05, 3.63) is 58.6 Å². The zero-order valence-electron chi connectivity index (χ0n) is 12.9. The van der Waals surface area contributed by atoms with Gasteiger partial charge in [0.25, 0.3) is 5.91 Å². The fraction of sp³-hybridized carbons (Fsp3) is 0.222. The van der Waals surface area contributed by atoms with Crippen LogP contribution in [-0.4, -0.2) is 24.4 Å². The number of carbonyl (C=O) groups excluding carboxylic acids is 2. The van der Waals surface area contributed by atoms with Gasteiger partial charge >= 0.3 is 0 Å². The van der Waals surface area contributed by atoms with Crippen LogP contribution in [0, 0.1) is 0 Å². The van der Waals surface area contributed by atoms with Crippen molar-refractivity contribution >= 4 is 34.8 Å². The van der Waals surface area contributed by atoms with Crippen molar-refractivity contribution in [3.8, 4) is 0 Å². The zero-order chi connectivity index (χ0) is 16.7. The topological polar surface area (TPSA) is 61.4 Å². The van der Waals surface area contributed by atoms with E-state index in [2.05, 4.69) is 10.6 Å². The molecular weight excluding hydrogens is 326 g/mol. The highest BCUT2D eigenvalue weighted by molar-refractivity contribution is 6.31. The van der Waals surface area contributed by atoms with E-state index >= 15 is 0 Å². The van der Waals surface area contributed by atoms with Crippen molar-refractivity contribution in [2.45, 2.75) is 19.0 Å². The van der Waals surface area contributed by atoms with E-state index in [1.165, 1.54) is 0 Å². The Bertz CT molecular complexity index is 837. The average Bonchev–Trinajstić information content (AvgIpc) is 3.12. The lowest BCUT2D eigenvalue weighted by molar-refractivity contribution is -0.117. The third-order valence-electron chi connectivity index (χ3n) is 4.47. The molecule has 2 heterocycles. The van der Waals surface area contributed by atoms with Crippen LogP contribution in [0.4, 0.5) is 11.4 Å². The average molecular weight is 342 g/mol. The van der Waals surface area contributed by atoms with E-state index in [-0.39, 0.29) is 17.9 Å². The molecule has 0 radical (unpaired) electrons. The van der Waals surface area contributed by atoms with Crippen LogP contribution in [0.3, 0.4) is 0 Å². The van der Waals surface area contributed by atoms with Gasteiger partial charge in [-0.3, -0.25) is 9.59 Å². The summed E-state index contributed by atoms with van der Waals surface area (Å²) in [5.74, 6) is -0.0986. The van der Waals surface area contributed by atoms with Crippen molar-refractivity contribution in [2.24, 2.45) is 0 Å². The molecule has 122 valence electrons. The lowest BCUT2D eigenvalue weighted by Crippen LogP contribution is -2.33. The maximum atomic E-state index is 12.7. The highest BCUT2D eigenvalue weighted by atomic mass is 35.5. The minimum atomic E-state index is -0.344. The molecule has 2 aliphatic heterocycles. The van der Waals surface area contributed by atoms with Gasteiger partial charge in [-0.25, -0.2) is 0 Å². The van der Waals surface area contributed by atoms with Gasteiger partial charge in [0.1, 0.15) is 6.04 Å². The van der Waals surface area contributed by atoms with Gasteiger partial charge in [0.05, 0.1) is 5.56 Å². The maximum absolute atomic E-state index is 12.7. The van der Waals surface area contributed by atoms with Crippen LogP contribution in [0.5, 0.6) is 0 Å². The third-order valence-corrected chi connectivity index (χ3v) is 4.71. The molecule has 0 aliphatic carbocycles. The quantitative estimate of drug-likeness (QED) is 0.902. The lowest BCUT2D eigenvalue weighted by atomic mass is 10.1. The SMILES string of the molecule is O=C1NCc2cccc(N[C@@H]3CCN(c4cccc(Cl)c4)C3=O)c21. The second-order valence-electron chi connectivity index (χ2n) is 5.98. The van der Waals surface area contributed by atoms with Gasteiger partial charge in [-0.05, 0) is 36.2 Å². The van der Waals surface area contributed by atoms with E-state index in [4.69, 9.17) is 11.6 Å². The largest absolute Gasteiger partial charge is 0.373 e. The smallest absolute Gasteiger partial charge is 0.253 e. The van der Waals surface area contributed by atoms with Gasteiger partial charge < -0.3 is 15.5 Å². The van der Waals surface area contributed by atoms with Gasteiger partial charge in [0.15, 0.2) is 0 Å². The Morgan fingerprint density at radius 1 is 1.17 bits per heavy atom. The van der Waals surface area contributed by atoms with Crippen LogP contribution in [-0.2, 0) is 11.3 Å². The molecule has 2 aromatic rings. The molecule has 0 bridgehead atoms. The molecule has 0 spiro atoms. The number of nitrogens with one attached hydrogen (secondary N) is 2. The summed E-state index contributed by atoms with van der Waals surface area (Å²) in [7, 11) is 0. The molecule has 0 aromatic heterocycles. The fourth-order valence-electron chi connectivity index (χ4n) is 3.30. The van der Waals surface area contributed by atoms with Gasteiger partial charge in [0, 0.05) is 29.5 Å². The summed E-state index contributed by atoms with van der Waals surface area (Å²) in [5.41, 5.74) is 3.12. The second kappa shape index (κ2) is 5.83. The highest BCUT2D eigenvalue weighted by Gasteiger charge is 2.34. The number of halogens is 1. The molecule has 1 atom stereocenters. The molecule has 2 aromatic carbocycles. The summed E-state index contributed by atoms with van der Waals surface area (Å²) in [6.07, 6.45) is 0.677. The van der Waals surface area contributed by atoms with E-state index in [9.17, 15) is 9.59 Å². The number of hydrogen-bond acceptors (Lipinski definition) is 3. The second-order valence-corrected chi connectivity index (χ2v) is 6.41. The van der Waals surface area contributed by atoms with E-state index in [0.717, 1.165) is 11.3 Å². The third kappa shape index (κ3) is 2.51. The monoisotopic (exact) mass is 341 g/mol. The lowest BCUT2D eigenvalue weighted by Gasteiger charge is -2.18. The Morgan fingerprint density at radius 3 is 2.83 bits per heavy atom. The molecule has 0 unspecified atom stereocenters. The van der Waals surface area contributed by atoms with Crippen molar-refractivity contribution in [3.63, 3.8) is 0 Å². The predicted molar refractivity (Wildman–Crippen MR) is 93.4 cm³/mol. The van der Waals surface area contributed by atoms with Crippen molar-refractivity contribution in [1.29, 1.82) is 0 Å². The number of anilines is 2. The Kier molecular flexibility index (Phi) is 3.65. The number of rotatable bonds is 3. The molecule has 1 fully saturated rings. The minimum Gasteiger partial charge on any atom is -0.373 e. The summed E-state index contributed by atoms with van der Waals surface area (Å²) < 4.78 is 0.